The molecule has 2 aliphatic carbocycles. The van der Waals surface area contributed by atoms with Crippen LogP contribution in [-0.2, 0) is 0 Å². The van der Waals surface area contributed by atoms with E-state index in [2.05, 4.69) is 11.6 Å². The minimum absolute atomic E-state index is 1.03. The molecule has 0 aromatic carbocycles. The summed E-state index contributed by atoms with van der Waals surface area (Å²) in [5.41, 5.74) is 0. The number of rotatable bonds is 6. The molecule has 0 aromatic heterocycles. The lowest BCUT2D eigenvalue weighted by Gasteiger charge is -2.21. The average molecular weight is 213 g/mol. The normalized spacial score (nSPS) is 35.4. The third kappa shape index (κ3) is 2.66. The summed E-state index contributed by atoms with van der Waals surface area (Å²) in [7, 11) is 0. The van der Waals surface area contributed by atoms with Gasteiger partial charge < -0.3 is 5.32 Å². The van der Waals surface area contributed by atoms with Gasteiger partial charge in [0.1, 0.15) is 0 Å². The van der Waals surface area contributed by atoms with Gasteiger partial charge in [0, 0.05) is 0 Å². The molecule has 14 heavy (non-hydrogen) atoms. The van der Waals surface area contributed by atoms with E-state index in [0.29, 0.717) is 0 Å². The third-order valence-electron chi connectivity index (χ3n) is 3.99. The third-order valence-corrected chi connectivity index (χ3v) is 4.69. The first-order valence-corrected chi connectivity index (χ1v) is 7.49. The van der Waals surface area contributed by atoms with Gasteiger partial charge in [0.15, 0.2) is 0 Å². The molecule has 0 aliphatic heterocycles. The summed E-state index contributed by atoms with van der Waals surface area (Å²) in [6, 6.07) is 0. The summed E-state index contributed by atoms with van der Waals surface area (Å²) in [5, 5.41) is 3.63. The molecule has 2 bridgehead atoms. The van der Waals surface area contributed by atoms with Crippen molar-refractivity contribution >= 4 is 11.8 Å². The number of fused-ring (bicyclic) bond motifs is 2. The lowest BCUT2D eigenvalue weighted by Crippen LogP contribution is -2.27. The fourth-order valence-electron chi connectivity index (χ4n) is 3.26. The van der Waals surface area contributed by atoms with Crippen LogP contribution >= 0.6 is 11.8 Å². The van der Waals surface area contributed by atoms with Crippen LogP contribution in [0.5, 0.6) is 0 Å². The Labute approximate surface area is 92.4 Å². The number of thioether (sulfide) groups is 1. The van der Waals surface area contributed by atoms with Crippen LogP contribution in [0, 0.1) is 17.8 Å². The first-order chi connectivity index (χ1) is 6.90. The lowest BCUT2D eigenvalue weighted by atomic mass is 9.89. The van der Waals surface area contributed by atoms with Crippen LogP contribution in [0.15, 0.2) is 0 Å². The molecule has 1 N–H and O–H groups in total. The molecule has 0 spiro atoms. The molecule has 2 saturated carbocycles. The minimum Gasteiger partial charge on any atom is -0.316 e. The fraction of sp³-hybridized carbons (Fsp3) is 1.00. The van der Waals surface area contributed by atoms with Crippen LogP contribution in [0.4, 0.5) is 0 Å². The van der Waals surface area contributed by atoms with Crippen molar-refractivity contribution in [1.29, 1.82) is 0 Å². The predicted octanol–water partition coefficient (Wildman–Crippen LogP) is 2.77. The number of nitrogens with one attached hydrogen (secondary N) is 1. The van der Waals surface area contributed by atoms with Crippen molar-refractivity contribution in [2.24, 2.45) is 17.8 Å². The molecule has 3 unspecified atom stereocenters. The van der Waals surface area contributed by atoms with Gasteiger partial charge in [-0.15, -0.1) is 0 Å². The van der Waals surface area contributed by atoms with E-state index in [-0.39, 0.29) is 0 Å². The Morgan fingerprint density at radius 3 is 2.86 bits per heavy atom. The largest absolute Gasteiger partial charge is 0.316 e. The molecule has 0 amide bonds. The predicted molar refractivity (Wildman–Crippen MR) is 64.8 cm³/mol. The van der Waals surface area contributed by atoms with E-state index in [0.717, 1.165) is 17.8 Å². The van der Waals surface area contributed by atoms with Crippen LogP contribution in [-0.4, -0.2) is 25.1 Å². The van der Waals surface area contributed by atoms with Crippen molar-refractivity contribution in [1.82, 2.24) is 5.32 Å². The van der Waals surface area contributed by atoms with Gasteiger partial charge in [0.05, 0.1) is 0 Å². The lowest BCUT2D eigenvalue weighted by molar-refractivity contribution is 0.319. The molecule has 2 aliphatic rings. The Hall–Kier alpha value is 0.310. The molecular weight excluding hydrogens is 190 g/mol. The molecule has 2 heteroatoms. The van der Waals surface area contributed by atoms with Gasteiger partial charge in [-0.3, -0.25) is 0 Å². The van der Waals surface area contributed by atoms with Gasteiger partial charge in [0.25, 0.3) is 0 Å². The second kappa shape index (κ2) is 5.41. The summed E-state index contributed by atoms with van der Waals surface area (Å²) in [4.78, 5) is 0. The van der Waals surface area contributed by atoms with Gasteiger partial charge in [-0.2, -0.15) is 11.8 Å². The van der Waals surface area contributed by atoms with Crippen LogP contribution in [0.25, 0.3) is 0 Å². The van der Waals surface area contributed by atoms with E-state index >= 15 is 0 Å². The van der Waals surface area contributed by atoms with Gasteiger partial charge >= 0.3 is 0 Å². The Bertz CT molecular complexity index is 172. The minimum atomic E-state index is 1.03. The molecule has 0 heterocycles. The van der Waals surface area contributed by atoms with Gasteiger partial charge in [0.2, 0.25) is 0 Å². The van der Waals surface area contributed by atoms with Crippen molar-refractivity contribution in [3.63, 3.8) is 0 Å². The van der Waals surface area contributed by atoms with Crippen molar-refractivity contribution in [3.05, 3.63) is 0 Å². The maximum absolute atomic E-state index is 3.63. The van der Waals surface area contributed by atoms with E-state index in [9.17, 15) is 0 Å². The smallest absolute Gasteiger partial charge is 0.00178 e. The van der Waals surface area contributed by atoms with Crippen LogP contribution in [0.3, 0.4) is 0 Å². The highest BCUT2D eigenvalue weighted by atomic mass is 32.2. The van der Waals surface area contributed by atoms with Crippen LogP contribution < -0.4 is 5.32 Å². The number of hydrogen-bond donors (Lipinski definition) is 1. The fourth-order valence-corrected chi connectivity index (χ4v) is 3.69. The molecule has 2 fully saturated rings. The summed E-state index contributed by atoms with van der Waals surface area (Å²) >= 11 is 1.96. The zero-order chi connectivity index (χ0) is 9.80. The van der Waals surface area contributed by atoms with E-state index in [1.165, 1.54) is 44.5 Å². The first kappa shape index (κ1) is 10.8. The highest BCUT2D eigenvalue weighted by molar-refractivity contribution is 7.98. The molecule has 0 aromatic rings. The van der Waals surface area contributed by atoms with Crippen LogP contribution in [0.1, 0.15) is 32.1 Å². The van der Waals surface area contributed by atoms with E-state index in [4.69, 9.17) is 0 Å². The summed E-state index contributed by atoms with van der Waals surface area (Å²) < 4.78 is 0. The Morgan fingerprint density at radius 1 is 1.29 bits per heavy atom. The van der Waals surface area contributed by atoms with E-state index in [1.54, 1.807) is 6.42 Å². The van der Waals surface area contributed by atoms with Crippen molar-refractivity contribution in [2.45, 2.75) is 32.1 Å². The summed E-state index contributed by atoms with van der Waals surface area (Å²) in [5.74, 6) is 4.54. The molecule has 1 nitrogen and oxygen atoms in total. The molecule has 3 atom stereocenters. The standard InChI is InChI=1S/C12H23NS/c1-14-6-2-5-13-9-12-8-10-3-4-11(12)7-10/h10-13H,2-9H2,1H3. The van der Waals surface area contributed by atoms with Crippen molar-refractivity contribution in [2.75, 3.05) is 25.1 Å². The van der Waals surface area contributed by atoms with Gasteiger partial charge in [-0.05, 0) is 68.5 Å². The molecular formula is C12H23NS. The Kier molecular flexibility index (Phi) is 4.18. The summed E-state index contributed by atoms with van der Waals surface area (Å²) in [6.07, 6.45) is 9.67. The molecule has 0 radical (unpaired) electrons. The van der Waals surface area contributed by atoms with E-state index in [1.807, 2.05) is 11.8 Å². The Morgan fingerprint density at radius 2 is 2.21 bits per heavy atom. The topological polar surface area (TPSA) is 12.0 Å². The Balaban J connectivity index is 1.54. The quantitative estimate of drug-likeness (QED) is 0.681. The number of hydrogen-bond acceptors (Lipinski definition) is 2. The maximum atomic E-state index is 3.63. The first-order valence-electron chi connectivity index (χ1n) is 6.10. The van der Waals surface area contributed by atoms with Gasteiger partial charge in [-0.1, -0.05) is 6.42 Å². The second-order valence-corrected chi connectivity index (χ2v) is 5.97. The highest BCUT2D eigenvalue weighted by Gasteiger charge is 2.38. The van der Waals surface area contributed by atoms with E-state index < -0.39 is 0 Å². The monoisotopic (exact) mass is 213 g/mol. The molecule has 82 valence electrons. The second-order valence-electron chi connectivity index (χ2n) is 4.99. The zero-order valence-corrected chi connectivity index (χ0v) is 10.1. The van der Waals surface area contributed by atoms with Gasteiger partial charge in [-0.25, -0.2) is 0 Å². The zero-order valence-electron chi connectivity index (χ0n) is 9.30. The van der Waals surface area contributed by atoms with Crippen LogP contribution in [0.2, 0.25) is 0 Å². The summed E-state index contributed by atoms with van der Waals surface area (Å²) in [6.45, 7) is 2.53. The SMILES string of the molecule is CSCCCNCC1CC2CCC1C2. The maximum Gasteiger partial charge on any atom is -0.00178 e. The highest BCUT2D eigenvalue weighted by Crippen LogP contribution is 2.47. The van der Waals surface area contributed by atoms with Crippen molar-refractivity contribution in [3.8, 4) is 0 Å². The van der Waals surface area contributed by atoms with Crippen molar-refractivity contribution < 1.29 is 0 Å². The molecule has 2 rings (SSSR count). The average Bonchev–Trinajstić information content (AvgIpc) is 2.79. The molecule has 0 saturated heterocycles.